The second-order valence-corrected chi connectivity index (χ2v) is 5.85. The van der Waals surface area contributed by atoms with Crippen molar-refractivity contribution in [2.24, 2.45) is 5.73 Å². The maximum absolute atomic E-state index is 13.4. The van der Waals surface area contributed by atoms with Gasteiger partial charge in [0.1, 0.15) is 5.82 Å². The van der Waals surface area contributed by atoms with Crippen molar-refractivity contribution in [1.82, 2.24) is 0 Å². The van der Waals surface area contributed by atoms with Gasteiger partial charge in [-0.3, -0.25) is 4.31 Å². The van der Waals surface area contributed by atoms with Crippen molar-refractivity contribution >= 4 is 15.7 Å². The Balaban J connectivity index is 2.82. The summed E-state index contributed by atoms with van der Waals surface area (Å²) >= 11 is 0. The maximum Gasteiger partial charge on any atom is 0.234 e. The summed E-state index contributed by atoms with van der Waals surface area (Å²) in [6.45, 7) is 0.457. The largest absolute Gasteiger partial charge is 0.330 e. The minimum absolute atomic E-state index is 0.0188. The fourth-order valence-electron chi connectivity index (χ4n) is 1.42. The van der Waals surface area contributed by atoms with Gasteiger partial charge in [-0.05, 0) is 31.5 Å². The van der Waals surface area contributed by atoms with Crippen LogP contribution in [0.15, 0.2) is 24.3 Å². The molecule has 0 aliphatic heterocycles. The minimum atomic E-state index is -3.47. The van der Waals surface area contributed by atoms with Gasteiger partial charge in [-0.2, -0.15) is 0 Å². The molecule has 0 saturated carbocycles. The van der Waals surface area contributed by atoms with E-state index in [1.54, 1.807) is 6.07 Å². The molecule has 2 N–H and O–H groups in total. The number of para-hydroxylation sites is 1. The Morgan fingerprint density at radius 1 is 1.29 bits per heavy atom. The normalized spacial score (nSPS) is 11.5. The van der Waals surface area contributed by atoms with Crippen LogP contribution in [0.1, 0.15) is 12.8 Å². The molecule has 96 valence electrons. The first kappa shape index (κ1) is 13.9. The van der Waals surface area contributed by atoms with Gasteiger partial charge in [-0.15, -0.1) is 0 Å². The van der Waals surface area contributed by atoms with Gasteiger partial charge in [0.2, 0.25) is 10.0 Å². The Hall–Kier alpha value is -1.14. The molecule has 0 aliphatic carbocycles. The molecule has 0 amide bonds. The first-order valence-corrected chi connectivity index (χ1v) is 7.01. The average molecular weight is 260 g/mol. The van der Waals surface area contributed by atoms with Crippen molar-refractivity contribution < 1.29 is 12.8 Å². The van der Waals surface area contributed by atoms with Crippen molar-refractivity contribution in [3.05, 3.63) is 30.1 Å². The third-order valence-electron chi connectivity index (χ3n) is 2.47. The molecule has 1 rings (SSSR count). The van der Waals surface area contributed by atoms with Crippen LogP contribution in [-0.2, 0) is 10.0 Å². The summed E-state index contributed by atoms with van der Waals surface area (Å²) < 4.78 is 38.2. The highest BCUT2D eigenvalue weighted by Gasteiger charge is 2.20. The van der Waals surface area contributed by atoms with Crippen LogP contribution in [0.25, 0.3) is 0 Å². The second kappa shape index (κ2) is 5.97. The number of benzene rings is 1. The Kier molecular flexibility index (Phi) is 4.89. The highest BCUT2D eigenvalue weighted by atomic mass is 32.2. The summed E-state index contributed by atoms with van der Waals surface area (Å²) in [6, 6.07) is 5.80. The summed E-state index contributed by atoms with van der Waals surface area (Å²) in [5, 5.41) is 0. The molecule has 0 fully saturated rings. The van der Waals surface area contributed by atoms with Crippen molar-refractivity contribution in [2.75, 3.05) is 23.7 Å². The van der Waals surface area contributed by atoms with Gasteiger partial charge in [0.15, 0.2) is 0 Å². The van der Waals surface area contributed by atoms with Gasteiger partial charge in [-0.25, -0.2) is 12.8 Å². The van der Waals surface area contributed by atoms with Crippen molar-refractivity contribution in [2.45, 2.75) is 12.8 Å². The van der Waals surface area contributed by atoms with Crippen LogP contribution < -0.4 is 10.0 Å². The van der Waals surface area contributed by atoms with Gasteiger partial charge in [-0.1, -0.05) is 12.1 Å². The van der Waals surface area contributed by atoms with E-state index in [2.05, 4.69) is 0 Å². The summed E-state index contributed by atoms with van der Waals surface area (Å²) in [4.78, 5) is 0. The third-order valence-corrected chi connectivity index (χ3v) is 4.30. The third kappa shape index (κ3) is 3.67. The fourth-order valence-corrected chi connectivity index (χ4v) is 2.71. The number of unbranched alkanes of at least 4 members (excludes halogenated alkanes) is 1. The lowest BCUT2D eigenvalue weighted by molar-refractivity contribution is 0.586. The highest BCUT2D eigenvalue weighted by Crippen LogP contribution is 2.20. The van der Waals surface area contributed by atoms with E-state index in [1.165, 1.54) is 25.2 Å². The molecule has 0 aromatic heterocycles. The molecule has 0 bridgehead atoms. The molecule has 0 spiro atoms. The van der Waals surface area contributed by atoms with Gasteiger partial charge in [0.25, 0.3) is 0 Å². The Labute approximate surface area is 101 Å². The molecular weight excluding hydrogens is 243 g/mol. The number of hydrogen-bond acceptors (Lipinski definition) is 3. The zero-order valence-corrected chi connectivity index (χ0v) is 10.6. The van der Waals surface area contributed by atoms with E-state index in [-0.39, 0.29) is 11.4 Å². The molecule has 0 unspecified atom stereocenters. The van der Waals surface area contributed by atoms with E-state index >= 15 is 0 Å². The number of nitrogens with zero attached hydrogens (tertiary/aromatic N) is 1. The Morgan fingerprint density at radius 3 is 2.53 bits per heavy atom. The zero-order chi connectivity index (χ0) is 12.9. The molecule has 0 atom stereocenters. The van der Waals surface area contributed by atoms with Crippen LogP contribution in [0.4, 0.5) is 10.1 Å². The number of sulfonamides is 1. The van der Waals surface area contributed by atoms with Gasteiger partial charge >= 0.3 is 0 Å². The van der Waals surface area contributed by atoms with Crippen molar-refractivity contribution in [1.29, 1.82) is 0 Å². The number of halogens is 1. The van der Waals surface area contributed by atoms with Crippen LogP contribution in [0.3, 0.4) is 0 Å². The molecule has 0 heterocycles. The predicted molar refractivity (Wildman–Crippen MR) is 66.9 cm³/mol. The SMILES string of the molecule is CN(c1ccccc1F)S(=O)(=O)CCCCN. The van der Waals surface area contributed by atoms with Crippen LogP contribution in [0.2, 0.25) is 0 Å². The molecule has 1 aromatic carbocycles. The quantitative estimate of drug-likeness (QED) is 0.785. The zero-order valence-electron chi connectivity index (χ0n) is 9.77. The molecular formula is C11H17FN2O2S. The minimum Gasteiger partial charge on any atom is -0.330 e. The topological polar surface area (TPSA) is 63.4 Å². The van der Waals surface area contributed by atoms with Crippen molar-refractivity contribution in [3.63, 3.8) is 0 Å². The van der Waals surface area contributed by atoms with Crippen LogP contribution in [0, 0.1) is 5.82 Å². The van der Waals surface area contributed by atoms with E-state index in [0.29, 0.717) is 19.4 Å². The maximum atomic E-state index is 13.4. The van der Waals surface area contributed by atoms with Crippen molar-refractivity contribution in [3.8, 4) is 0 Å². The fraction of sp³-hybridized carbons (Fsp3) is 0.455. The lowest BCUT2D eigenvalue weighted by atomic mass is 10.3. The lowest BCUT2D eigenvalue weighted by Crippen LogP contribution is -2.29. The number of hydrogen-bond donors (Lipinski definition) is 1. The molecule has 0 radical (unpaired) electrons. The predicted octanol–water partition coefficient (Wildman–Crippen LogP) is 1.33. The van der Waals surface area contributed by atoms with Crippen LogP contribution in [-0.4, -0.2) is 27.8 Å². The second-order valence-electron chi connectivity index (χ2n) is 3.73. The monoisotopic (exact) mass is 260 g/mol. The van der Waals surface area contributed by atoms with E-state index in [1.807, 2.05) is 0 Å². The number of rotatable bonds is 6. The molecule has 4 nitrogen and oxygen atoms in total. The first-order chi connectivity index (χ1) is 7.99. The van der Waals surface area contributed by atoms with Crippen LogP contribution in [0.5, 0.6) is 0 Å². The van der Waals surface area contributed by atoms with E-state index < -0.39 is 15.8 Å². The van der Waals surface area contributed by atoms with Gasteiger partial charge in [0, 0.05) is 7.05 Å². The summed E-state index contributed by atoms with van der Waals surface area (Å²) in [5.41, 5.74) is 5.37. The smallest absolute Gasteiger partial charge is 0.234 e. The molecule has 17 heavy (non-hydrogen) atoms. The molecule has 0 aliphatic rings. The van der Waals surface area contributed by atoms with Gasteiger partial charge in [0.05, 0.1) is 11.4 Å². The summed E-state index contributed by atoms with van der Waals surface area (Å²) in [5.74, 6) is -0.563. The number of nitrogens with two attached hydrogens (primary N) is 1. The average Bonchev–Trinajstić information content (AvgIpc) is 2.29. The van der Waals surface area contributed by atoms with Gasteiger partial charge < -0.3 is 5.73 Å². The van der Waals surface area contributed by atoms with E-state index in [0.717, 1.165) is 4.31 Å². The number of anilines is 1. The summed E-state index contributed by atoms with van der Waals surface area (Å²) in [7, 11) is -2.11. The lowest BCUT2D eigenvalue weighted by Gasteiger charge is -2.19. The highest BCUT2D eigenvalue weighted by molar-refractivity contribution is 7.92. The van der Waals surface area contributed by atoms with Crippen LogP contribution >= 0.6 is 0 Å². The Bertz CT molecular complexity index is 462. The molecule has 1 aromatic rings. The van der Waals surface area contributed by atoms with E-state index in [4.69, 9.17) is 5.73 Å². The Morgan fingerprint density at radius 2 is 1.94 bits per heavy atom. The standard InChI is InChI=1S/C11H17FN2O2S/c1-14(11-7-3-2-6-10(11)12)17(15,16)9-5-4-8-13/h2-3,6-7H,4-5,8-9,13H2,1H3. The molecule has 6 heteroatoms. The first-order valence-electron chi connectivity index (χ1n) is 5.40. The summed E-state index contributed by atoms with van der Waals surface area (Å²) in [6.07, 6.45) is 1.13. The molecule has 0 saturated heterocycles. The van der Waals surface area contributed by atoms with E-state index in [9.17, 15) is 12.8 Å².